The Morgan fingerprint density at radius 3 is 2.63 bits per heavy atom. The van der Waals surface area contributed by atoms with Crippen LogP contribution in [0, 0.1) is 13.8 Å². The van der Waals surface area contributed by atoms with Crippen LogP contribution in [0.15, 0.2) is 30.5 Å². The third kappa shape index (κ3) is 2.42. The summed E-state index contributed by atoms with van der Waals surface area (Å²) in [6.45, 7) is 4.06. The maximum Gasteiger partial charge on any atom is 0.354 e. The molecule has 0 aliphatic carbocycles. The zero-order valence-corrected chi connectivity index (χ0v) is 11.1. The van der Waals surface area contributed by atoms with Crippen molar-refractivity contribution in [3.05, 3.63) is 47.3 Å². The quantitative estimate of drug-likeness (QED) is 0.918. The van der Waals surface area contributed by atoms with Gasteiger partial charge in [0.2, 0.25) is 0 Å². The zero-order chi connectivity index (χ0) is 14.0. The third-order valence-corrected chi connectivity index (χ3v) is 3.20. The number of ether oxygens (including phenoxy) is 1. The van der Waals surface area contributed by atoms with Gasteiger partial charge in [-0.1, -0.05) is 18.2 Å². The van der Waals surface area contributed by atoms with Crippen molar-refractivity contribution in [2.45, 2.75) is 13.8 Å². The number of hydrogen-bond acceptors (Lipinski definition) is 3. The number of aromatic nitrogens is 1. The van der Waals surface area contributed by atoms with Gasteiger partial charge in [0.1, 0.15) is 5.75 Å². The molecule has 0 fully saturated rings. The molecular weight excluding hydrogens is 242 g/mol. The highest BCUT2D eigenvalue weighted by molar-refractivity contribution is 5.87. The Bertz CT molecular complexity index is 635. The number of carbonyl (C=O) groups is 1. The summed E-state index contributed by atoms with van der Waals surface area (Å²) < 4.78 is 5.28. The van der Waals surface area contributed by atoms with Crippen LogP contribution >= 0.6 is 0 Å². The second-order valence-electron chi connectivity index (χ2n) is 4.32. The van der Waals surface area contributed by atoms with Crippen LogP contribution in [0.4, 0.5) is 0 Å². The number of pyridine rings is 1. The minimum Gasteiger partial charge on any atom is -0.496 e. The molecule has 1 aromatic carbocycles. The van der Waals surface area contributed by atoms with E-state index in [0.717, 1.165) is 16.7 Å². The molecule has 0 radical (unpaired) electrons. The molecule has 2 rings (SSSR count). The number of nitrogens with zero attached hydrogens (tertiary/aromatic N) is 1. The fourth-order valence-corrected chi connectivity index (χ4v) is 1.97. The zero-order valence-electron chi connectivity index (χ0n) is 11.1. The van der Waals surface area contributed by atoms with Gasteiger partial charge in [-0.05, 0) is 30.5 Å². The molecule has 4 heteroatoms. The molecule has 0 bridgehead atoms. The molecular formula is C15H15NO3. The topological polar surface area (TPSA) is 59.4 Å². The van der Waals surface area contributed by atoms with Crippen LogP contribution in [-0.4, -0.2) is 23.2 Å². The van der Waals surface area contributed by atoms with E-state index < -0.39 is 5.97 Å². The fraction of sp³-hybridized carbons (Fsp3) is 0.200. The predicted octanol–water partition coefficient (Wildman–Crippen LogP) is 3.07. The Hall–Kier alpha value is -2.36. The van der Waals surface area contributed by atoms with Crippen LogP contribution in [-0.2, 0) is 0 Å². The smallest absolute Gasteiger partial charge is 0.354 e. The Balaban J connectivity index is 2.62. The van der Waals surface area contributed by atoms with Crippen LogP contribution in [0.2, 0.25) is 0 Å². The molecule has 0 unspecified atom stereocenters. The normalized spacial score (nSPS) is 10.3. The number of carboxylic acids is 1. The maximum atomic E-state index is 10.9. The van der Waals surface area contributed by atoms with Crippen LogP contribution in [0.5, 0.6) is 5.75 Å². The van der Waals surface area contributed by atoms with Gasteiger partial charge in [-0.15, -0.1) is 0 Å². The van der Waals surface area contributed by atoms with E-state index in [4.69, 9.17) is 9.84 Å². The summed E-state index contributed by atoms with van der Waals surface area (Å²) in [5.41, 5.74) is 4.08. The van der Waals surface area contributed by atoms with Gasteiger partial charge in [0.05, 0.1) is 7.11 Å². The molecule has 2 aromatic rings. The lowest BCUT2D eigenvalue weighted by Crippen LogP contribution is -2.02. The lowest BCUT2D eigenvalue weighted by atomic mass is 9.97. The van der Waals surface area contributed by atoms with Crippen LogP contribution < -0.4 is 4.74 Å². The largest absolute Gasteiger partial charge is 0.496 e. The molecule has 98 valence electrons. The molecule has 4 nitrogen and oxygen atoms in total. The summed E-state index contributed by atoms with van der Waals surface area (Å²) in [7, 11) is 1.52. The van der Waals surface area contributed by atoms with Gasteiger partial charge in [-0.2, -0.15) is 0 Å². The van der Waals surface area contributed by atoms with Crippen molar-refractivity contribution in [2.75, 3.05) is 7.11 Å². The highest BCUT2D eigenvalue weighted by Crippen LogP contribution is 2.33. The first-order valence-corrected chi connectivity index (χ1v) is 5.88. The Kier molecular flexibility index (Phi) is 3.51. The number of rotatable bonds is 3. The first kappa shape index (κ1) is 13.1. The standard InChI is InChI=1S/C15H15NO3/c1-9-5-4-6-11(10(9)2)12-8-16-13(15(17)18)7-14(12)19-3/h4-8H,1-3H3,(H,17,18). The Morgan fingerprint density at radius 1 is 1.26 bits per heavy atom. The minimum absolute atomic E-state index is 0.0223. The minimum atomic E-state index is -1.06. The second kappa shape index (κ2) is 5.10. The summed E-state index contributed by atoms with van der Waals surface area (Å²) in [6.07, 6.45) is 1.55. The Labute approximate surface area is 111 Å². The predicted molar refractivity (Wildman–Crippen MR) is 72.7 cm³/mol. The van der Waals surface area contributed by atoms with E-state index in [0.29, 0.717) is 5.75 Å². The first-order valence-electron chi connectivity index (χ1n) is 5.88. The van der Waals surface area contributed by atoms with Crippen LogP contribution in [0.3, 0.4) is 0 Å². The van der Waals surface area contributed by atoms with Gasteiger partial charge in [0, 0.05) is 17.8 Å². The van der Waals surface area contributed by atoms with Crippen molar-refractivity contribution in [2.24, 2.45) is 0 Å². The van der Waals surface area contributed by atoms with Gasteiger partial charge >= 0.3 is 5.97 Å². The number of benzene rings is 1. The van der Waals surface area contributed by atoms with E-state index in [9.17, 15) is 4.79 Å². The third-order valence-electron chi connectivity index (χ3n) is 3.20. The van der Waals surface area contributed by atoms with E-state index in [-0.39, 0.29) is 5.69 Å². The summed E-state index contributed by atoms with van der Waals surface area (Å²) in [4.78, 5) is 14.9. The lowest BCUT2D eigenvalue weighted by molar-refractivity contribution is 0.0690. The molecule has 0 amide bonds. The van der Waals surface area contributed by atoms with E-state index in [1.165, 1.54) is 18.7 Å². The van der Waals surface area contributed by atoms with Gasteiger partial charge in [-0.3, -0.25) is 0 Å². The number of aromatic carboxylic acids is 1. The summed E-state index contributed by atoms with van der Waals surface area (Å²) in [5.74, 6) is -0.549. The average molecular weight is 257 g/mol. The van der Waals surface area contributed by atoms with Gasteiger partial charge in [0.15, 0.2) is 5.69 Å². The maximum absolute atomic E-state index is 10.9. The summed E-state index contributed by atoms with van der Waals surface area (Å²) in [5, 5.41) is 8.95. The molecule has 1 N–H and O–H groups in total. The highest BCUT2D eigenvalue weighted by Gasteiger charge is 2.13. The fourth-order valence-electron chi connectivity index (χ4n) is 1.97. The van der Waals surface area contributed by atoms with Crippen molar-refractivity contribution in [3.8, 4) is 16.9 Å². The van der Waals surface area contributed by atoms with E-state index in [1.807, 2.05) is 32.0 Å². The van der Waals surface area contributed by atoms with Crippen molar-refractivity contribution >= 4 is 5.97 Å². The molecule has 1 aromatic heterocycles. The Morgan fingerprint density at radius 2 is 2.00 bits per heavy atom. The number of carboxylic acid groups (broad SMARTS) is 1. The molecule has 0 atom stereocenters. The summed E-state index contributed by atoms with van der Waals surface area (Å²) in [6, 6.07) is 7.41. The number of hydrogen-bond donors (Lipinski definition) is 1. The summed E-state index contributed by atoms with van der Waals surface area (Å²) >= 11 is 0. The molecule has 0 spiro atoms. The van der Waals surface area contributed by atoms with E-state index >= 15 is 0 Å². The SMILES string of the molecule is COc1cc(C(=O)O)ncc1-c1cccc(C)c1C. The van der Waals surface area contributed by atoms with Crippen molar-refractivity contribution in [1.82, 2.24) is 4.98 Å². The number of methoxy groups -OCH3 is 1. The van der Waals surface area contributed by atoms with E-state index in [1.54, 1.807) is 6.20 Å². The highest BCUT2D eigenvalue weighted by atomic mass is 16.5. The van der Waals surface area contributed by atoms with Crippen molar-refractivity contribution in [3.63, 3.8) is 0 Å². The monoisotopic (exact) mass is 257 g/mol. The molecule has 0 aliphatic rings. The lowest BCUT2D eigenvalue weighted by Gasteiger charge is -2.12. The number of aryl methyl sites for hydroxylation is 1. The van der Waals surface area contributed by atoms with Crippen molar-refractivity contribution in [1.29, 1.82) is 0 Å². The second-order valence-corrected chi connectivity index (χ2v) is 4.32. The molecule has 0 aliphatic heterocycles. The van der Waals surface area contributed by atoms with Gasteiger partial charge in [0.25, 0.3) is 0 Å². The van der Waals surface area contributed by atoms with Crippen molar-refractivity contribution < 1.29 is 14.6 Å². The van der Waals surface area contributed by atoms with Crippen LogP contribution in [0.25, 0.3) is 11.1 Å². The average Bonchev–Trinajstić information content (AvgIpc) is 2.41. The first-order chi connectivity index (χ1) is 9.04. The van der Waals surface area contributed by atoms with Gasteiger partial charge in [-0.25, -0.2) is 9.78 Å². The van der Waals surface area contributed by atoms with Crippen LogP contribution in [0.1, 0.15) is 21.6 Å². The van der Waals surface area contributed by atoms with E-state index in [2.05, 4.69) is 4.98 Å². The van der Waals surface area contributed by atoms with Gasteiger partial charge < -0.3 is 9.84 Å². The molecule has 0 saturated heterocycles. The molecule has 0 saturated carbocycles. The molecule has 19 heavy (non-hydrogen) atoms. The molecule has 1 heterocycles.